The summed E-state index contributed by atoms with van der Waals surface area (Å²) in [5.41, 5.74) is 6.23. The first-order chi connectivity index (χ1) is 10.3. The zero-order chi connectivity index (χ0) is 14.7. The van der Waals surface area contributed by atoms with Crippen LogP contribution in [0.15, 0.2) is 54.7 Å². The third-order valence-electron chi connectivity index (χ3n) is 3.81. The van der Waals surface area contributed by atoms with Gasteiger partial charge in [-0.25, -0.2) is 0 Å². The molecular weight excluding hydrogens is 256 g/mol. The number of fused-ring (bicyclic) bond motifs is 1. The van der Waals surface area contributed by atoms with E-state index >= 15 is 0 Å². The average molecular weight is 276 g/mol. The van der Waals surface area contributed by atoms with E-state index in [0.717, 1.165) is 18.6 Å². The number of pyridine rings is 1. The zero-order valence-corrected chi connectivity index (χ0v) is 12.6. The highest BCUT2D eigenvalue weighted by Crippen LogP contribution is 2.30. The predicted octanol–water partition coefficient (Wildman–Crippen LogP) is 4.32. The van der Waals surface area contributed by atoms with Gasteiger partial charge < -0.3 is 5.32 Å². The monoisotopic (exact) mass is 276 g/mol. The Balaban J connectivity index is 2.06. The van der Waals surface area contributed by atoms with E-state index in [1.165, 1.54) is 27.6 Å². The van der Waals surface area contributed by atoms with Crippen LogP contribution in [0.3, 0.4) is 0 Å². The second-order valence-corrected chi connectivity index (χ2v) is 5.31. The van der Waals surface area contributed by atoms with E-state index in [1.54, 1.807) is 0 Å². The van der Waals surface area contributed by atoms with Gasteiger partial charge in [0.25, 0.3) is 0 Å². The topological polar surface area (TPSA) is 24.9 Å². The van der Waals surface area contributed by atoms with E-state index in [4.69, 9.17) is 0 Å². The lowest BCUT2D eigenvalue weighted by Gasteiger charge is -2.11. The minimum Gasteiger partial charge on any atom is -0.313 e. The van der Waals surface area contributed by atoms with Gasteiger partial charge in [-0.2, -0.15) is 0 Å². The second kappa shape index (κ2) is 6.06. The number of benzene rings is 2. The molecule has 3 aromatic rings. The van der Waals surface area contributed by atoms with Crippen LogP contribution in [0.2, 0.25) is 0 Å². The van der Waals surface area contributed by atoms with Crippen molar-refractivity contribution in [3.8, 4) is 11.1 Å². The second-order valence-electron chi connectivity index (χ2n) is 5.31. The fraction of sp³-hybridized carbons (Fsp3) is 0.211. The zero-order valence-electron chi connectivity index (χ0n) is 12.6. The van der Waals surface area contributed by atoms with Crippen molar-refractivity contribution >= 4 is 10.9 Å². The molecule has 106 valence electrons. The van der Waals surface area contributed by atoms with E-state index in [0.29, 0.717) is 0 Å². The molecule has 0 aliphatic rings. The maximum absolute atomic E-state index is 4.45. The van der Waals surface area contributed by atoms with Crippen LogP contribution in [0.5, 0.6) is 0 Å². The molecule has 0 aliphatic carbocycles. The van der Waals surface area contributed by atoms with Crippen molar-refractivity contribution in [3.05, 3.63) is 65.9 Å². The summed E-state index contributed by atoms with van der Waals surface area (Å²) in [5.74, 6) is 0. The molecule has 0 saturated heterocycles. The van der Waals surface area contributed by atoms with E-state index in [-0.39, 0.29) is 0 Å². The molecule has 3 rings (SSSR count). The largest absolute Gasteiger partial charge is 0.313 e. The Labute approximate surface area is 125 Å². The molecule has 2 aromatic carbocycles. The third kappa shape index (κ3) is 2.81. The lowest BCUT2D eigenvalue weighted by atomic mass is 9.95. The van der Waals surface area contributed by atoms with Gasteiger partial charge in [-0.15, -0.1) is 0 Å². The Bertz CT molecular complexity index is 757. The normalized spacial score (nSPS) is 11.0. The summed E-state index contributed by atoms with van der Waals surface area (Å²) < 4.78 is 0. The third-order valence-corrected chi connectivity index (χ3v) is 3.81. The van der Waals surface area contributed by atoms with Crippen molar-refractivity contribution in [2.45, 2.75) is 20.4 Å². The van der Waals surface area contributed by atoms with Gasteiger partial charge in [0.15, 0.2) is 0 Å². The summed E-state index contributed by atoms with van der Waals surface area (Å²) >= 11 is 0. The molecule has 0 fully saturated rings. The molecule has 0 radical (unpaired) electrons. The van der Waals surface area contributed by atoms with Gasteiger partial charge in [0.05, 0.1) is 5.52 Å². The molecule has 0 bridgehead atoms. The maximum atomic E-state index is 4.45. The number of rotatable bonds is 4. The van der Waals surface area contributed by atoms with Crippen LogP contribution < -0.4 is 5.32 Å². The highest BCUT2D eigenvalue weighted by Gasteiger charge is 2.07. The number of aryl methyl sites for hydroxylation is 1. The Morgan fingerprint density at radius 2 is 1.90 bits per heavy atom. The van der Waals surface area contributed by atoms with Crippen LogP contribution in [0, 0.1) is 6.92 Å². The molecule has 0 atom stereocenters. The van der Waals surface area contributed by atoms with Gasteiger partial charge in [-0.1, -0.05) is 43.3 Å². The van der Waals surface area contributed by atoms with Crippen molar-refractivity contribution in [1.82, 2.24) is 10.3 Å². The van der Waals surface area contributed by atoms with Crippen LogP contribution in [0.1, 0.15) is 18.1 Å². The van der Waals surface area contributed by atoms with Gasteiger partial charge in [0.2, 0.25) is 0 Å². The summed E-state index contributed by atoms with van der Waals surface area (Å²) in [4.78, 5) is 4.45. The summed E-state index contributed by atoms with van der Waals surface area (Å²) in [7, 11) is 0. The van der Waals surface area contributed by atoms with Crippen LogP contribution in [0.4, 0.5) is 0 Å². The van der Waals surface area contributed by atoms with Gasteiger partial charge in [0.1, 0.15) is 0 Å². The summed E-state index contributed by atoms with van der Waals surface area (Å²) in [5, 5.41) is 4.58. The van der Waals surface area contributed by atoms with Gasteiger partial charge in [-0.05, 0) is 47.9 Å². The molecule has 0 saturated carbocycles. The molecule has 21 heavy (non-hydrogen) atoms. The first-order valence-corrected chi connectivity index (χ1v) is 7.44. The van der Waals surface area contributed by atoms with Crippen LogP contribution >= 0.6 is 0 Å². The standard InChI is InChI=1S/C19H20N2/c1-3-20-13-15-9-10-16(14(2)12-15)17-6-4-8-19-18(17)7-5-11-21-19/h4-12,20H,3,13H2,1-2H3. The quantitative estimate of drug-likeness (QED) is 0.767. The molecular formula is C19H20N2. The van der Waals surface area contributed by atoms with E-state index in [2.05, 4.69) is 66.6 Å². The van der Waals surface area contributed by atoms with Crippen LogP contribution in [0.25, 0.3) is 22.0 Å². The molecule has 1 heterocycles. The Hall–Kier alpha value is -2.19. The SMILES string of the molecule is CCNCc1ccc(-c2cccc3ncccc23)c(C)c1. The van der Waals surface area contributed by atoms with Crippen molar-refractivity contribution < 1.29 is 0 Å². The number of nitrogens with one attached hydrogen (secondary N) is 1. The fourth-order valence-corrected chi connectivity index (χ4v) is 2.75. The first kappa shape index (κ1) is 13.8. The fourth-order valence-electron chi connectivity index (χ4n) is 2.75. The highest BCUT2D eigenvalue weighted by molar-refractivity contribution is 5.95. The molecule has 2 nitrogen and oxygen atoms in total. The van der Waals surface area contributed by atoms with E-state index in [1.807, 2.05) is 12.3 Å². The number of nitrogens with zero attached hydrogens (tertiary/aromatic N) is 1. The van der Waals surface area contributed by atoms with E-state index in [9.17, 15) is 0 Å². The molecule has 0 unspecified atom stereocenters. The number of hydrogen-bond acceptors (Lipinski definition) is 2. The molecule has 2 heteroatoms. The lowest BCUT2D eigenvalue weighted by molar-refractivity contribution is 0.726. The minimum absolute atomic E-state index is 0.925. The van der Waals surface area contributed by atoms with Gasteiger partial charge >= 0.3 is 0 Å². The van der Waals surface area contributed by atoms with Crippen molar-refractivity contribution in [2.24, 2.45) is 0 Å². The molecule has 1 aromatic heterocycles. The van der Waals surface area contributed by atoms with Crippen LogP contribution in [-0.4, -0.2) is 11.5 Å². The van der Waals surface area contributed by atoms with Crippen molar-refractivity contribution in [2.75, 3.05) is 6.54 Å². The molecule has 0 amide bonds. The maximum Gasteiger partial charge on any atom is 0.0708 e. The predicted molar refractivity (Wildman–Crippen MR) is 89.3 cm³/mol. The van der Waals surface area contributed by atoms with E-state index < -0.39 is 0 Å². The van der Waals surface area contributed by atoms with Crippen molar-refractivity contribution in [1.29, 1.82) is 0 Å². The lowest BCUT2D eigenvalue weighted by Crippen LogP contribution is -2.11. The Morgan fingerprint density at radius 1 is 1.00 bits per heavy atom. The van der Waals surface area contributed by atoms with Crippen LogP contribution in [-0.2, 0) is 6.54 Å². The summed E-state index contributed by atoms with van der Waals surface area (Å²) in [6.07, 6.45) is 1.85. The summed E-state index contributed by atoms with van der Waals surface area (Å²) in [6, 6.07) is 17.2. The Morgan fingerprint density at radius 3 is 2.71 bits per heavy atom. The number of aromatic nitrogens is 1. The first-order valence-electron chi connectivity index (χ1n) is 7.44. The molecule has 1 N–H and O–H groups in total. The summed E-state index contributed by atoms with van der Waals surface area (Å²) in [6.45, 7) is 6.23. The van der Waals surface area contributed by atoms with Gasteiger partial charge in [-0.3, -0.25) is 4.98 Å². The van der Waals surface area contributed by atoms with Gasteiger partial charge in [0, 0.05) is 18.1 Å². The van der Waals surface area contributed by atoms with Crippen molar-refractivity contribution in [3.63, 3.8) is 0 Å². The molecule has 0 aliphatic heterocycles. The average Bonchev–Trinajstić information content (AvgIpc) is 2.53. The minimum atomic E-state index is 0.925. The Kier molecular flexibility index (Phi) is 3.98. The molecule has 0 spiro atoms. The number of hydrogen-bond donors (Lipinski definition) is 1. The smallest absolute Gasteiger partial charge is 0.0708 e. The highest BCUT2D eigenvalue weighted by atomic mass is 14.8.